The van der Waals surface area contributed by atoms with Crippen LogP contribution in [0.25, 0.3) is 0 Å². The summed E-state index contributed by atoms with van der Waals surface area (Å²) in [7, 11) is 4.19. The van der Waals surface area contributed by atoms with Crippen LogP contribution in [0.2, 0.25) is 0 Å². The second-order valence-corrected chi connectivity index (χ2v) is 5.56. The molecule has 0 aromatic carbocycles. The molecule has 1 rings (SSSR count). The van der Waals surface area contributed by atoms with Crippen molar-refractivity contribution < 1.29 is 4.74 Å². The van der Waals surface area contributed by atoms with Gasteiger partial charge in [-0.1, -0.05) is 0 Å². The second kappa shape index (κ2) is 7.50. The van der Waals surface area contributed by atoms with Gasteiger partial charge in [0, 0.05) is 44.2 Å². The van der Waals surface area contributed by atoms with Gasteiger partial charge in [0.15, 0.2) is 0 Å². The fourth-order valence-electron chi connectivity index (χ4n) is 1.59. The van der Waals surface area contributed by atoms with Gasteiger partial charge in [-0.15, -0.1) is 0 Å². The number of imidazole rings is 1. The van der Waals surface area contributed by atoms with Crippen LogP contribution < -0.4 is 5.32 Å². The zero-order valence-corrected chi connectivity index (χ0v) is 12.9. The third-order valence-electron chi connectivity index (χ3n) is 3.50. The molecule has 0 bridgehead atoms. The molecule has 0 saturated carbocycles. The van der Waals surface area contributed by atoms with E-state index >= 15 is 0 Å². The Morgan fingerprint density at radius 2 is 2.16 bits per heavy atom. The molecule has 110 valence electrons. The first-order valence-electron chi connectivity index (χ1n) is 6.97. The van der Waals surface area contributed by atoms with Crippen molar-refractivity contribution in [3.63, 3.8) is 0 Å². The molecule has 0 fully saturated rings. The standard InChI is InChI=1S/C14H28N4O/c1-6-19-11-7-9-18-10-8-15-13(18)16-12-14(2,3)17(4)5/h8,10H,6-7,9,11-12H2,1-5H3,(H,15,16). The molecule has 0 radical (unpaired) electrons. The number of hydrogen-bond acceptors (Lipinski definition) is 4. The van der Waals surface area contributed by atoms with Crippen LogP contribution in [0.15, 0.2) is 12.4 Å². The maximum Gasteiger partial charge on any atom is 0.202 e. The van der Waals surface area contributed by atoms with Gasteiger partial charge in [0.25, 0.3) is 0 Å². The SMILES string of the molecule is CCOCCCn1ccnc1NCC(C)(C)N(C)C. The summed E-state index contributed by atoms with van der Waals surface area (Å²) in [5.41, 5.74) is 0.0993. The molecule has 5 nitrogen and oxygen atoms in total. The first-order chi connectivity index (χ1) is 8.97. The second-order valence-electron chi connectivity index (χ2n) is 5.56. The summed E-state index contributed by atoms with van der Waals surface area (Å²) in [6.45, 7) is 9.83. The van der Waals surface area contributed by atoms with E-state index < -0.39 is 0 Å². The monoisotopic (exact) mass is 268 g/mol. The molecule has 1 aromatic rings. The van der Waals surface area contributed by atoms with Gasteiger partial charge in [-0.2, -0.15) is 0 Å². The number of hydrogen-bond donors (Lipinski definition) is 1. The van der Waals surface area contributed by atoms with Crippen molar-refractivity contribution in [1.29, 1.82) is 0 Å². The maximum atomic E-state index is 5.36. The first kappa shape index (κ1) is 16.0. The van der Waals surface area contributed by atoms with Crippen LogP contribution in [-0.4, -0.2) is 53.8 Å². The molecule has 1 aromatic heterocycles. The lowest BCUT2D eigenvalue weighted by Gasteiger charge is -2.32. The van der Waals surface area contributed by atoms with Gasteiger partial charge in [0.05, 0.1) is 0 Å². The van der Waals surface area contributed by atoms with Gasteiger partial charge in [-0.3, -0.25) is 0 Å². The number of ether oxygens (including phenoxy) is 1. The van der Waals surface area contributed by atoms with Gasteiger partial charge < -0.3 is 19.5 Å². The summed E-state index contributed by atoms with van der Waals surface area (Å²) < 4.78 is 7.50. The average Bonchev–Trinajstić information content (AvgIpc) is 2.79. The van der Waals surface area contributed by atoms with Crippen molar-refractivity contribution in [2.24, 2.45) is 0 Å². The molecule has 0 unspecified atom stereocenters. The molecular weight excluding hydrogens is 240 g/mol. The van der Waals surface area contributed by atoms with Crippen molar-refractivity contribution in [2.45, 2.75) is 39.3 Å². The highest BCUT2D eigenvalue weighted by atomic mass is 16.5. The summed E-state index contributed by atoms with van der Waals surface area (Å²) in [5, 5.41) is 3.43. The molecule has 1 heterocycles. The van der Waals surface area contributed by atoms with Crippen LogP contribution in [-0.2, 0) is 11.3 Å². The molecule has 0 aliphatic rings. The van der Waals surface area contributed by atoms with Crippen LogP contribution in [0.5, 0.6) is 0 Å². The number of aryl methyl sites for hydroxylation is 1. The minimum atomic E-state index is 0.0993. The van der Waals surface area contributed by atoms with Crippen LogP contribution in [0.1, 0.15) is 27.2 Å². The van der Waals surface area contributed by atoms with Crippen molar-refractivity contribution in [3.8, 4) is 0 Å². The third kappa shape index (κ3) is 5.20. The number of nitrogens with zero attached hydrogens (tertiary/aromatic N) is 3. The van der Waals surface area contributed by atoms with E-state index in [2.05, 4.69) is 47.7 Å². The summed E-state index contributed by atoms with van der Waals surface area (Å²) in [6, 6.07) is 0. The van der Waals surface area contributed by atoms with Crippen molar-refractivity contribution in [2.75, 3.05) is 39.2 Å². The summed E-state index contributed by atoms with van der Waals surface area (Å²) in [5.74, 6) is 0.937. The Labute approximate surface area is 117 Å². The average molecular weight is 268 g/mol. The molecule has 0 saturated heterocycles. The van der Waals surface area contributed by atoms with Gasteiger partial charge in [0.2, 0.25) is 5.95 Å². The number of nitrogens with one attached hydrogen (secondary N) is 1. The maximum absolute atomic E-state index is 5.36. The molecule has 19 heavy (non-hydrogen) atoms. The molecule has 5 heteroatoms. The summed E-state index contributed by atoms with van der Waals surface area (Å²) in [4.78, 5) is 6.58. The third-order valence-corrected chi connectivity index (χ3v) is 3.50. The van der Waals surface area contributed by atoms with E-state index in [-0.39, 0.29) is 5.54 Å². The normalized spacial score (nSPS) is 12.1. The minimum Gasteiger partial charge on any atom is -0.382 e. The van der Waals surface area contributed by atoms with E-state index in [1.807, 2.05) is 19.3 Å². The minimum absolute atomic E-state index is 0.0993. The van der Waals surface area contributed by atoms with Crippen molar-refractivity contribution in [1.82, 2.24) is 14.5 Å². The first-order valence-corrected chi connectivity index (χ1v) is 6.97. The van der Waals surface area contributed by atoms with E-state index in [1.165, 1.54) is 0 Å². The Bertz CT molecular complexity index is 360. The Kier molecular flexibility index (Phi) is 6.31. The predicted molar refractivity (Wildman–Crippen MR) is 79.6 cm³/mol. The zero-order valence-electron chi connectivity index (χ0n) is 12.9. The topological polar surface area (TPSA) is 42.3 Å². The Morgan fingerprint density at radius 1 is 1.42 bits per heavy atom. The highest BCUT2D eigenvalue weighted by Crippen LogP contribution is 2.12. The van der Waals surface area contributed by atoms with E-state index in [0.29, 0.717) is 0 Å². The molecule has 1 N–H and O–H groups in total. The fraction of sp³-hybridized carbons (Fsp3) is 0.786. The summed E-state index contributed by atoms with van der Waals surface area (Å²) >= 11 is 0. The van der Waals surface area contributed by atoms with Crippen LogP contribution >= 0.6 is 0 Å². The van der Waals surface area contributed by atoms with Crippen molar-refractivity contribution >= 4 is 5.95 Å². The molecule has 0 aliphatic carbocycles. The number of likely N-dealkylation sites (N-methyl/N-ethyl adjacent to an activating group) is 1. The molecule has 0 atom stereocenters. The Balaban J connectivity index is 2.44. The van der Waals surface area contributed by atoms with E-state index in [0.717, 1.165) is 38.7 Å². The van der Waals surface area contributed by atoms with Gasteiger partial charge >= 0.3 is 0 Å². The highest BCUT2D eigenvalue weighted by Gasteiger charge is 2.20. The van der Waals surface area contributed by atoms with Crippen molar-refractivity contribution in [3.05, 3.63) is 12.4 Å². The van der Waals surface area contributed by atoms with E-state index in [1.54, 1.807) is 0 Å². The van der Waals surface area contributed by atoms with Gasteiger partial charge in [-0.05, 0) is 41.3 Å². The highest BCUT2D eigenvalue weighted by molar-refractivity contribution is 5.26. The Hall–Kier alpha value is -1.07. The lowest BCUT2D eigenvalue weighted by Crippen LogP contribution is -2.44. The predicted octanol–water partition coefficient (Wildman–Crippen LogP) is 2.06. The molecule has 0 aliphatic heterocycles. The van der Waals surface area contributed by atoms with Crippen LogP contribution in [0.3, 0.4) is 0 Å². The molecule has 0 spiro atoms. The van der Waals surface area contributed by atoms with E-state index in [9.17, 15) is 0 Å². The Morgan fingerprint density at radius 3 is 2.79 bits per heavy atom. The lowest BCUT2D eigenvalue weighted by atomic mass is 10.1. The zero-order chi connectivity index (χ0) is 14.3. The number of aromatic nitrogens is 2. The molecular formula is C14H28N4O. The fourth-order valence-corrected chi connectivity index (χ4v) is 1.59. The van der Waals surface area contributed by atoms with Gasteiger partial charge in [0.1, 0.15) is 0 Å². The number of anilines is 1. The van der Waals surface area contributed by atoms with E-state index in [4.69, 9.17) is 4.74 Å². The van der Waals surface area contributed by atoms with Crippen LogP contribution in [0, 0.1) is 0 Å². The van der Waals surface area contributed by atoms with Gasteiger partial charge in [-0.25, -0.2) is 4.98 Å². The summed E-state index contributed by atoms with van der Waals surface area (Å²) in [6.07, 6.45) is 4.86. The largest absolute Gasteiger partial charge is 0.382 e. The molecule has 0 amide bonds. The quantitative estimate of drug-likeness (QED) is 0.696. The van der Waals surface area contributed by atoms with Crippen LogP contribution in [0.4, 0.5) is 5.95 Å². The lowest BCUT2D eigenvalue weighted by molar-refractivity contribution is 0.141. The number of rotatable bonds is 9. The smallest absolute Gasteiger partial charge is 0.202 e.